The van der Waals surface area contributed by atoms with E-state index in [0.29, 0.717) is 22.6 Å². The molecular weight excluding hydrogens is 344 g/mol. The maximum atomic E-state index is 12.2. The zero-order valence-electron chi connectivity index (χ0n) is 14.9. The summed E-state index contributed by atoms with van der Waals surface area (Å²) in [5.74, 6) is -0.889. The number of hydrogen-bond acceptors (Lipinski definition) is 5. The number of nitriles is 1. The first-order valence-electron chi connectivity index (χ1n) is 8.06. The Kier molecular flexibility index (Phi) is 6.44. The lowest BCUT2D eigenvalue weighted by molar-refractivity contribution is -0.114. The van der Waals surface area contributed by atoms with Gasteiger partial charge in [0, 0.05) is 35.7 Å². The number of amides is 2. The summed E-state index contributed by atoms with van der Waals surface area (Å²) in [5, 5.41) is 17.3. The summed E-state index contributed by atoms with van der Waals surface area (Å²) in [7, 11) is 0. The minimum absolute atomic E-state index is 0.119. The van der Waals surface area contributed by atoms with E-state index in [9.17, 15) is 19.6 Å². The fraction of sp³-hybridized carbons (Fsp3) is 0.100. The second-order valence-electron chi connectivity index (χ2n) is 5.66. The molecule has 0 aliphatic heterocycles. The maximum Gasteiger partial charge on any atom is 0.267 e. The highest BCUT2D eigenvalue weighted by atomic mass is 16.2. The highest BCUT2D eigenvalue weighted by molar-refractivity contribution is 6.07. The molecule has 0 bridgehead atoms. The summed E-state index contributed by atoms with van der Waals surface area (Å²) in [6, 6.07) is 15.1. The van der Waals surface area contributed by atoms with Gasteiger partial charge in [-0.15, -0.1) is 0 Å². The number of benzene rings is 2. The molecular formula is C20H18N4O3. The van der Waals surface area contributed by atoms with Crippen LogP contribution < -0.4 is 16.0 Å². The summed E-state index contributed by atoms with van der Waals surface area (Å²) < 4.78 is 0. The van der Waals surface area contributed by atoms with Crippen molar-refractivity contribution in [2.75, 3.05) is 16.0 Å². The standard InChI is InChI=1S/C20H18N4O3/c1-13(25)15-4-3-5-19(10-15)24-20(27)16(11-21)12-22-17-6-8-18(9-7-17)23-14(2)26/h3-10,12,22H,1-2H3,(H,23,26)(H,24,27)/b16-12-. The Bertz CT molecular complexity index is 940. The Labute approximate surface area is 156 Å². The molecule has 0 aliphatic rings. The lowest BCUT2D eigenvalue weighted by Gasteiger charge is -2.07. The number of Topliss-reactive ketones (excluding diaryl/α,β-unsaturated/α-hetero) is 1. The molecule has 7 nitrogen and oxygen atoms in total. The third-order valence-corrected chi connectivity index (χ3v) is 3.48. The van der Waals surface area contributed by atoms with Gasteiger partial charge in [-0.2, -0.15) is 5.26 Å². The van der Waals surface area contributed by atoms with E-state index < -0.39 is 5.91 Å². The zero-order chi connectivity index (χ0) is 19.8. The number of nitrogens with one attached hydrogen (secondary N) is 3. The van der Waals surface area contributed by atoms with E-state index in [1.807, 2.05) is 6.07 Å². The molecule has 0 fully saturated rings. The minimum Gasteiger partial charge on any atom is -0.360 e. The van der Waals surface area contributed by atoms with Crippen molar-refractivity contribution in [3.8, 4) is 6.07 Å². The van der Waals surface area contributed by atoms with E-state index in [1.54, 1.807) is 48.5 Å². The van der Waals surface area contributed by atoms with Crippen molar-refractivity contribution in [1.82, 2.24) is 0 Å². The largest absolute Gasteiger partial charge is 0.360 e. The summed E-state index contributed by atoms with van der Waals surface area (Å²) in [6.45, 7) is 2.85. The van der Waals surface area contributed by atoms with Gasteiger partial charge in [-0.25, -0.2) is 0 Å². The smallest absolute Gasteiger partial charge is 0.267 e. The molecule has 0 atom stereocenters. The lowest BCUT2D eigenvalue weighted by atomic mass is 10.1. The summed E-state index contributed by atoms with van der Waals surface area (Å²) in [4.78, 5) is 34.7. The third-order valence-electron chi connectivity index (χ3n) is 3.48. The van der Waals surface area contributed by atoms with Gasteiger partial charge in [-0.3, -0.25) is 14.4 Å². The Balaban J connectivity index is 2.06. The highest BCUT2D eigenvalue weighted by Gasteiger charge is 2.10. The van der Waals surface area contributed by atoms with Crippen LogP contribution in [0.3, 0.4) is 0 Å². The number of ketones is 1. The van der Waals surface area contributed by atoms with Crippen molar-refractivity contribution >= 4 is 34.7 Å². The van der Waals surface area contributed by atoms with Gasteiger partial charge in [0.15, 0.2) is 5.78 Å². The van der Waals surface area contributed by atoms with E-state index in [0.717, 1.165) is 0 Å². The van der Waals surface area contributed by atoms with E-state index in [-0.39, 0.29) is 17.3 Å². The van der Waals surface area contributed by atoms with E-state index in [2.05, 4.69) is 16.0 Å². The second-order valence-corrected chi connectivity index (χ2v) is 5.66. The predicted molar refractivity (Wildman–Crippen MR) is 103 cm³/mol. The number of carbonyl (C=O) groups excluding carboxylic acids is 3. The van der Waals surface area contributed by atoms with Gasteiger partial charge in [0.1, 0.15) is 11.6 Å². The van der Waals surface area contributed by atoms with Crippen LogP contribution in [-0.2, 0) is 9.59 Å². The van der Waals surface area contributed by atoms with Crippen LogP contribution in [0.4, 0.5) is 17.1 Å². The van der Waals surface area contributed by atoms with E-state index in [4.69, 9.17) is 0 Å². The quantitative estimate of drug-likeness (QED) is 0.415. The number of anilines is 3. The monoisotopic (exact) mass is 362 g/mol. The van der Waals surface area contributed by atoms with Crippen LogP contribution in [0.2, 0.25) is 0 Å². The molecule has 2 aromatic rings. The van der Waals surface area contributed by atoms with Crippen LogP contribution >= 0.6 is 0 Å². The lowest BCUT2D eigenvalue weighted by Crippen LogP contribution is -2.14. The molecule has 2 aromatic carbocycles. The number of carbonyl (C=O) groups is 3. The third kappa shape index (κ3) is 5.83. The molecule has 2 rings (SSSR count). The van der Waals surface area contributed by atoms with Crippen LogP contribution in [0, 0.1) is 11.3 Å². The number of rotatable bonds is 6. The summed E-state index contributed by atoms with van der Waals surface area (Å²) >= 11 is 0. The molecule has 136 valence electrons. The van der Waals surface area contributed by atoms with Crippen molar-refractivity contribution in [2.24, 2.45) is 0 Å². The van der Waals surface area contributed by atoms with Crippen molar-refractivity contribution in [3.05, 3.63) is 65.9 Å². The Hall–Kier alpha value is -3.92. The van der Waals surface area contributed by atoms with E-state index in [1.165, 1.54) is 20.0 Å². The number of hydrogen-bond donors (Lipinski definition) is 3. The van der Waals surface area contributed by atoms with Gasteiger partial charge in [-0.1, -0.05) is 12.1 Å². The fourth-order valence-electron chi connectivity index (χ4n) is 2.17. The molecule has 2 amide bonds. The second kappa shape index (κ2) is 8.97. The number of nitrogens with zero attached hydrogens (tertiary/aromatic N) is 1. The van der Waals surface area contributed by atoms with Crippen LogP contribution in [0.1, 0.15) is 24.2 Å². The van der Waals surface area contributed by atoms with Gasteiger partial charge >= 0.3 is 0 Å². The normalized spacial score (nSPS) is 10.5. The van der Waals surface area contributed by atoms with Gasteiger partial charge in [0.2, 0.25) is 5.91 Å². The molecule has 7 heteroatoms. The first-order chi connectivity index (χ1) is 12.9. The van der Waals surface area contributed by atoms with Crippen molar-refractivity contribution in [3.63, 3.8) is 0 Å². The van der Waals surface area contributed by atoms with Crippen LogP contribution in [0.25, 0.3) is 0 Å². The average Bonchev–Trinajstić information content (AvgIpc) is 2.63. The Morgan fingerprint density at radius 3 is 2.19 bits per heavy atom. The molecule has 0 aliphatic carbocycles. The SMILES string of the molecule is CC(=O)Nc1ccc(N/C=C(/C#N)C(=O)Nc2cccc(C(C)=O)c2)cc1. The predicted octanol–water partition coefficient (Wildman–Crippen LogP) is 3.31. The molecule has 3 N–H and O–H groups in total. The van der Waals surface area contributed by atoms with Crippen LogP contribution in [0.5, 0.6) is 0 Å². The van der Waals surface area contributed by atoms with Gasteiger partial charge in [0.05, 0.1) is 0 Å². The molecule has 0 radical (unpaired) electrons. The molecule has 27 heavy (non-hydrogen) atoms. The van der Waals surface area contributed by atoms with Crippen molar-refractivity contribution in [1.29, 1.82) is 5.26 Å². The molecule has 0 spiro atoms. The highest BCUT2D eigenvalue weighted by Crippen LogP contribution is 2.15. The first-order valence-corrected chi connectivity index (χ1v) is 8.06. The van der Waals surface area contributed by atoms with E-state index >= 15 is 0 Å². The molecule has 0 aromatic heterocycles. The van der Waals surface area contributed by atoms with Crippen LogP contribution in [-0.4, -0.2) is 17.6 Å². The molecule has 0 saturated carbocycles. The Morgan fingerprint density at radius 2 is 1.59 bits per heavy atom. The fourth-order valence-corrected chi connectivity index (χ4v) is 2.17. The van der Waals surface area contributed by atoms with Crippen LogP contribution in [0.15, 0.2) is 60.3 Å². The summed E-state index contributed by atoms with van der Waals surface area (Å²) in [6.07, 6.45) is 1.29. The maximum absolute atomic E-state index is 12.2. The first kappa shape index (κ1) is 19.4. The molecule has 0 heterocycles. The molecule has 0 unspecified atom stereocenters. The topological polar surface area (TPSA) is 111 Å². The van der Waals surface area contributed by atoms with Gasteiger partial charge < -0.3 is 16.0 Å². The van der Waals surface area contributed by atoms with Crippen molar-refractivity contribution in [2.45, 2.75) is 13.8 Å². The van der Waals surface area contributed by atoms with Gasteiger partial charge in [0.25, 0.3) is 5.91 Å². The Morgan fingerprint density at radius 1 is 0.926 bits per heavy atom. The minimum atomic E-state index is -0.597. The average molecular weight is 362 g/mol. The zero-order valence-corrected chi connectivity index (χ0v) is 14.9. The van der Waals surface area contributed by atoms with Gasteiger partial charge in [-0.05, 0) is 43.3 Å². The summed E-state index contributed by atoms with van der Waals surface area (Å²) in [5.41, 5.74) is 2.04. The molecule has 0 saturated heterocycles. The van der Waals surface area contributed by atoms with Crippen molar-refractivity contribution < 1.29 is 14.4 Å².